The number of amides is 4. The Bertz CT molecular complexity index is 739. The van der Waals surface area contributed by atoms with E-state index in [0.717, 1.165) is 4.47 Å². The van der Waals surface area contributed by atoms with Gasteiger partial charge in [-0.1, -0.05) is 28.1 Å². The van der Waals surface area contributed by atoms with Crippen molar-refractivity contribution in [3.05, 3.63) is 64.1 Å². The van der Waals surface area contributed by atoms with Gasteiger partial charge >= 0.3 is 6.03 Å². The molecule has 110 valence electrons. The molecule has 3 rings (SSSR count). The van der Waals surface area contributed by atoms with Crippen LogP contribution in [0, 0.1) is 0 Å². The first-order chi connectivity index (χ1) is 10.6. The molecule has 2 aromatic carbocycles. The van der Waals surface area contributed by atoms with Gasteiger partial charge in [0.05, 0.1) is 11.1 Å². The predicted molar refractivity (Wildman–Crippen MR) is 83.2 cm³/mol. The molecule has 0 unspecified atom stereocenters. The number of nitrogens with zero attached hydrogens (tertiary/aromatic N) is 1. The summed E-state index contributed by atoms with van der Waals surface area (Å²) in [7, 11) is 0. The Kier molecular flexibility index (Phi) is 3.64. The summed E-state index contributed by atoms with van der Waals surface area (Å²) in [6.07, 6.45) is 0. The zero-order chi connectivity index (χ0) is 15.7. The highest BCUT2D eigenvalue weighted by molar-refractivity contribution is 9.10. The highest BCUT2D eigenvalue weighted by Crippen LogP contribution is 2.21. The van der Waals surface area contributed by atoms with Crippen LogP contribution in [-0.4, -0.2) is 22.9 Å². The normalized spacial score (nSPS) is 13.0. The SMILES string of the molecule is O=C(Nc1ccc(Br)cc1)NN1C(=O)c2ccccc2C1=O. The van der Waals surface area contributed by atoms with Crippen LogP contribution >= 0.6 is 15.9 Å². The predicted octanol–water partition coefficient (Wildman–Crippen LogP) is 2.78. The van der Waals surface area contributed by atoms with Crippen molar-refractivity contribution in [1.82, 2.24) is 10.4 Å². The summed E-state index contributed by atoms with van der Waals surface area (Å²) >= 11 is 3.29. The molecule has 0 radical (unpaired) electrons. The Morgan fingerprint density at radius 2 is 1.45 bits per heavy atom. The molecule has 1 heterocycles. The molecule has 7 heteroatoms. The highest BCUT2D eigenvalue weighted by Gasteiger charge is 2.36. The van der Waals surface area contributed by atoms with Gasteiger partial charge in [0.15, 0.2) is 0 Å². The van der Waals surface area contributed by atoms with Gasteiger partial charge in [-0.3, -0.25) is 9.59 Å². The maximum Gasteiger partial charge on any atom is 0.338 e. The third-order valence-electron chi connectivity index (χ3n) is 3.11. The quantitative estimate of drug-likeness (QED) is 0.809. The number of halogens is 1. The summed E-state index contributed by atoms with van der Waals surface area (Å²) in [6.45, 7) is 0. The number of imide groups is 1. The number of hydrogen-bond acceptors (Lipinski definition) is 3. The van der Waals surface area contributed by atoms with E-state index in [1.54, 1.807) is 48.5 Å². The molecular formula is C15H10BrN3O3. The molecule has 1 aliphatic rings. The number of benzene rings is 2. The second-order valence-corrected chi connectivity index (χ2v) is 5.48. The van der Waals surface area contributed by atoms with Crippen LogP contribution in [0.3, 0.4) is 0 Å². The van der Waals surface area contributed by atoms with Crippen molar-refractivity contribution in [2.24, 2.45) is 0 Å². The number of urea groups is 1. The van der Waals surface area contributed by atoms with Crippen LogP contribution in [0.2, 0.25) is 0 Å². The maximum atomic E-state index is 12.1. The van der Waals surface area contributed by atoms with Crippen molar-refractivity contribution in [3.8, 4) is 0 Å². The van der Waals surface area contributed by atoms with Gasteiger partial charge in [-0.2, -0.15) is 5.01 Å². The number of carbonyl (C=O) groups excluding carboxylic acids is 3. The largest absolute Gasteiger partial charge is 0.338 e. The maximum absolute atomic E-state index is 12.1. The molecule has 0 aliphatic carbocycles. The van der Waals surface area contributed by atoms with Gasteiger partial charge in [-0.05, 0) is 36.4 Å². The number of fused-ring (bicyclic) bond motifs is 1. The van der Waals surface area contributed by atoms with Crippen LogP contribution in [0.15, 0.2) is 53.0 Å². The van der Waals surface area contributed by atoms with E-state index in [0.29, 0.717) is 10.7 Å². The van der Waals surface area contributed by atoms with Gasteiger partial charge in [0.1, 0.15) is 0 Å². The average Bonchev–Trinajstić information content (AvgIpc) is 2.75. The standard InChI is InChI=1S/C15H10BrN3O3/c16-9-5-7-10(8-6-9)17-15(22)18-19-13(20)11-3-1-2-4-12(11)14(19)21/h1-8H,(H2,17,18,22). The van der Waals surface area contributed by atoms with Crippen LogP contribution in [0.1, 0.15) is 20.7 Å². The van der Waals surface area contributed by atoms with Gasteiger partial charge in [0.2, 0.25) is 0 Å². The zero-order valence-corrected chi connectivity index (χ0v) is 12.8. The van der Waals surface area contributed by atoms with Crippen LogP contribution in [0.5, 0.6) is 0 Å². The van der Waals surface area contributed by atoms with E-state index in [4.69, 9.17) is 0 Å². The molecule has 4 amide bonds. The van der Waals surface area contributed by atoms with Crippen molar-refractivity contribution in [3.63, 3.8) is 0 Å². The number of nitrogens with one attached hydrogen (secondary N) is 2. The molecule has 0 aromatic heterocycles. The fourth-order valence-corrected chi connectivity index (χ4v) is 2.35. The number of rotatable bonds is 2. The van der Waals surface area contributed by atoms with Crippen molar-refractivity contribution in [2.75, 3.05) is 5.32 Å². The van der Waals surface area contributed by atoms with Gasteiger partial charge in [0, 0.05) is 10.2 Å². The van der Waals surface area contributed by atoms with E-state index in [-0.39, 0.29) is 11.1 Å². The summed E-state index contributed by atoms with van der Waals surface area (Å²) in [5.74, 6) is -1.10. The summed E-state index contributed by atoms with van der Waals surface area (Å²) < 4.78 is 0.874. The van der Waals surface area contributed by atoms with E-state index < -0.39 is 17.8 Å². The minimum atomic E-state index is -0.670. The van der Waals surface area contributed by atoms with Crippen molar-refractivity contribution >= 4 is 39.5 Å². The van der Waals surface area contributed by atoms with Crippen LogP contribution in [0.25, 0.3) is 0 Å². The molecule has 1 aliphatic heterocycles. The summed E-state index contributed by atoms with van der Waals surface area (Å²) in [5, 5.41) is 3.25. The van der Waals surface area contributed by atoms with Crippen LogP contribution in [0.4, 0.5) is 10.5 Å². The fourth-order valence-electron chi connectivity index (χ4n) is 2.08. The average molecular weight is 360 g/mol. The smallest absolute Gasteiger partial charge is 0.307 e. The van der Waals surface area contributed by atoms with Crippen LogP contribution in [-0.2, 0) is 0 Å². The van der Waals surface area contributed by atoms with E-state index in [1.807, 2.05) is 0 Å². The second-order valence-electron chi connectivity index (χ2n) is 4.56. The summed E-state index contributed by atoms with van der Waals surface area (Å²) in [4.78, 5) is 36.1. The molecule has 0 fully saturated rings. The lowest BCUT2D eigenvalue weighted by atomic mass is 10.1. The summed E-state index contributed by atoms with van der Waals surface area (Å²) in [6, 6.07) is 12.6. The molecule has 2 aromatic rings. The Hall–Kier alpha value is -2.67. The van der Waals surface area contributed by atoms with Crippen molar-refractivity contribution in [1.29, 1.82) is 0 Å². The molecule has 0 spiro atoms. The summed E-state index contributed by atoms with van der Waals surface area (Å²) in [5.41, 5.74) is 3.35. The van der Waals surface area contributed by atoms with E-state index >= 15 is 0 Å². The Morgan fingerprint density at radius 3 is 2.00 bits per heavy atom. The molecule has 0 bridgehead atoms. The molecule has 6 nitrogen and oxygen atoms in total. The van der Waals surface area contributed by atoms with Crippen LogP contribution < -0.4 is 10.7 Å². The molecule has 0 saturated heterocycles. The van der Waals surface area contributed by atoms with Crippen molar-refractivity contribution < 1.29 is 14.4 Å². The first-order valence-electron chi connectivity index (χ1n) is 6.37. The fraction of sp³-hybridized carbons (Fsp3) is 0. The third kappa shape index (κ3) is 2.58. The minimum absolute atomic E-state index is 0.274. The first kappa shape index (κ1) is 14.3. The molecule has 0 saturated carbocycles. The van der Waals surface area contributed by atoms with E-state index in [1.165, 1.54) is 0 Å². The lowest BCUT2D eigenvalue weighted by molar-refractivity contribution is 0.0592. The molecule has 22 heavy (non-hydrogen) atoms. The van der Waals surface area contributed by atoms with E-state index in [9.17, 15) is 14.4 Å². The topological polar surface area (TPSA) is 78.5 Å². The zero-order valence-electron chi connectivity index (χ0n) is 11.2. The molecule has 2 N–H and O–H groups in total. The van der Waals surface area contributed by atoms with Crippen molar-refractivity contribution in [2.45, 2.75) is 0 Å². The molecule has 0 atom stereocenters. The number of hydrogen-bond donors (Lipinski definition) is 2. The van der Waals surface area contributed by atoms with Gasteiger partial charge in [0.25, 0.3) is 11.8 Å². The lowest BCUT2D eigenvalue weighted by Gasteiger charge is -2.15. The monoisotopic (exact) mass is 359 g/mol. The first-order valence-corrected chi connectivity index (χ1v) is 7.16. The van der Waals surface area contributed by atoms with Gasteiger partial charge < -0.3 is 5.32 Å². The Labute approximate surface area is 134 Å². The Morgan fingerprint density at radius 1 is 0.909 bits per heavy atom. The minimum Gasteiger partial charge on any atom is -0.307 e. The number of hydrazine groups is 1. The number of carbonyl (C=O) groups is 3. The third-order valence-corrected chi connectivity index (χ3v) is 3.64. The van der Waals surface area contributed by atoms with Gasteiger partial charge in [-0.25, -0.2) is 10.2 Å². The van der Waals surface area contributed by atoms with E-state index in [2.05, 4.69) is 26.7 Å². The lowest BCUT2D eigenvalue weighted by Crippen LogP contribution is -2.47. The Balaban J connectivity index is 1.71. The second kappa shape index (κ2) is 5.61. The highest BCUT2D eigenvalue weighted by atomic mass is 79.9. The van der Waals surface area contributed by atoms with Gasteiger partial charge in [-0.15, -0.1) is 0 Å². The molecular weight excluding hydrogens is 350 g/mol. The number of anilines is 1.